The number of anilines is 1. The van der Waals surface area contributed by atoms with Crippen LogP contribution in [-0.4, -0.2) is 12.7 Å². The number of nitrogens with one attached hydrogen (secondary N) is 1. The average molecular weight is 281 g/mol. The lowest BCUT2D eigenvalue weighted by Gasteiger charge is -2.08. The molecule has 3 nitrogen and oxygen atoms in total. The second-order valence-corrected chi connectivity index (χ2v) is 5.16. The molecule has 0 radical (unpaired) electrons. The SMILES string of the molecule is CCOC(=O)Nc1cc(F)c(C#CC(C)(C)C)c(F)c1. The molecule has 0 bridgehead atoms. The molecule has 1 aromatic rings. The minimum absolute atomic E-state index is 0.0141. The fraction of sp³-hybridized carbons (Fsp3) is 0.400. The topological polar surface area (TPSA) is 38.3 Å². The van der Waals surface area contributed by atoms with Crippen molar-refractivity contribution in [1.82, 2.24) is 0 Å². The van der Waals surface area contributed by atoms with Gasteiger partial charge in [0.1, 0.15) is 11.6 Å². The van der Waals surface area contributed by atoms with E-state index in [1.54, 1.807) is 6.92 Å². The second kappa shape index (κ2) is 6.38. The van der Waals surface area contributed by atoms with Gasteiger partial charge in [-0.2, -0.15) is 0 Å². The highest BCUT2D eigenvalue weighted by atomic mass is 19.1. The van der Waals surface area contributed by atoms with Crippen molar-refractivity contribution in [3.63, 3.8) is 0 Å². The Balaban J connectivity index is 3.03. The maximum absolute atomic E-state index is 13.8. The fourth-order valence-electron chi connectivity index (χ4n) is 1.30. The molecular formula is C15H17F2NO2. The molecule has 0 fully saturated rings. The molecule has 5 heteroatoms. The van der Waals surface area contributed by atoms with Crippen molar-refractivity contribution >= 4 is 11.8 Å². The molecule has 108 valence electrons. The molecule has 1 N–H and O–H groups in total. The lowest BCUT2D eigenvalue weighted by Crippen LogP contribution is -2.13. The van der Waals surface area contributed by atoms with Crippen LogP contribution in [0.25, 0.3) is 0 Å². The summed E-state index contributed by atoms with van der Waals surface area (Å²) in [5, 5.41) is 2.23. The van der Waals surface area contributed by atoms with Crippen LogP contribution < -0.4 is 5.32 Å². The molecule has 1 amide bonds. The molecule has 0 unspecified atom stereocenters. The van der Waals surface area contributed by atoms with Crippen LogP contribution in [0, 0.1) is 28.9 Å². The van der Waals surface area contributed by atoms with E-state index < -0.39 is 17.7 Å². The third-order valence-corrected chi connectivity index (χ3v) is 2.13. The van der Waals surface area contributed by atoms with Crippen LogP contribution in [0.3, 0.4) is 0 Å². The number of benzene rings is 1. The van der Waals surface area contributed by atoms with Crippen LogP contribution in [0.15, 0.2) is 12.1 Å². The van der Waals surface area contributed by atoms with E-state index in [4.69, 9.17) is 0 Å². The van der Waals surface area contributed by atoms with E-state index in [0.717, 1.165) is 12.1 Å². The van der Waals surface area contributed by atoms with Gasteiger partial charge in [-0.1, -0.05) is 11.8 Å². The van der Waals surface area contributed by atoms with E-state index in [2.05, 4.69) is 21.9 Å². The van der Waals surface area contributed by atoms with Gasteiger partial charge < -0.3 is 4.74 Å². The van der Waals surface area contributed by atoms with E-state index in [-0.39, 0.29) is 23.3 Å². The number of amides is 1. The molecule has 0 atom stereocenters. The van der Waals surface area contributed by atoms with Gasteiger partial charge in [0, 0.05) is 11.1 Å². The Hall–Kier alpha value is -2.09. The van der Waals surface area contributed by atoms with Crippen LogP contribution in [0.4, 0.5) is 19.3 Å². The normalized spacial score (nSPS) is 10.5. The predicted molar refractivity (Wildman–Crippen MR) is 73.3 cm³/mol. The van der Waals surface area contributed by atoms with E-state index in [1.165, 1.54) is 0 Å². The van der Waals surface area contributed by atoms with Crippen molar-refractivity contribution in [2.75, 3.05) is 11.9 Å². The Labute approximate surface area is 117 Å². The zero-order valence-corrected chi connectivity index (χ0v) is 11.9. The van der Waals surface area contributed by atoms with Gasteiger partial charge in [0.05, 0.1) is 12.2 Å². The quantitative estimate of drug-likeness (QED) is 0.834. The summed E-state index contributed by atoms with van der Waals surface area (Å²) in [6.07, 6.45) is -0.764. The largest absolute Gasteiger partial charge is 0.450 e. The van der Waals surface area contributed by atoms with Gasteiger partial charge in [-0.25, -0.2) is 13.6 Å². The molecule has 0 saturated heterocycles. The first-order valence-electron chi connectivity index (χ1n) is 6.19. The van der Waals surface area contributed by atoms with Gasteiger partial charge >= 0.3 is 6.09 Å². The monoisotopic (exact) mass is 281 g/mol. The summed E-state index contributed by atoms with van der Waals surface area (Å²) in [4.78, 5) is 11.2. The van der Waals surface area contributed by atoms with Gasteiger partial charge in [0.25, 0.3) is 0 Å². The van der Waals surface area contributed by atoms with Gasteiger partial charge in [-0.3, -0.25) is 5.32 Å². The summed E-state index contributed by atoms with van der Waals surface area (Å²) >= 11 is 0. The summed E-state index contributed by atoms with van der Waals surface area (Å²) < 4.78 is 32.2. The third-order valence-electron chi connectivity index (χ3n) is 2.13. The maximum Gasteiger partial charge on any atom is 0.411 e. The Morgan fingerprint density at radius 1 is 1.30 bits per heavy atom. The fourth-order valence-corrected chi connectivity index (χ4v) is 1.30. The van der Waals surface area contributed by atoms with Gasteiger partial charge in [-0.05, 0) is 39.8 Å². The minimum atomic E-state index is -0.825. The summed E-state index contributed by atoms with van der Waals surface area (Å²) in [7, 11) is 0. The standard InChI is InChI=1S/C15H17F2NO2/c1-5-20-14(19)18-10-8-12(16)11(13(17)9-10)6-7-15(2,3)4/h8-9H,5H2,1-4H3,(H,18,19). The highest BCUT2D eigenvalue weighted by Crippen LogP contribution is 2.19. The number of hydrogen-bond acceptors (Lipinski definition) is 2. The van der Waals surface area contributed by atoms with Crippen LogP contribution in [0.5, 0.6) is 0 Å². The van der Waals surface area contributed by atoms with E-state index in [0.29, 0.717) is 0 Å². The molecular weight excluding hydrogens is 264 g/mol. The molecule has 0 aliphatic heterocycles. The molecule has 0 aliphatic rings. The molecule has 1 aromatic carbocycles. The number of carbonyl (C=O) groups is 1. The molecule has 0 aromatic heterocycles. The zero-order valence-electron chi connectivity index (χ0n) is 11.9. The zero-order chi connectivity index (χ0) is 15.3. The maximum atomic E-state index is 13.8. The first kappa shape index (κ1) is 16.0. The number of hydrogen-bond donors (Lipinski definition) is 1. The lowest BCUT2D eigenvalue weighted by atomic mass is 9.97. The first-order chi connectivity index (χ1) is 9.23. The molecule has 0 saturated carbocycles. The van der Waals surface area contributed by atoms with Crippen molar-refractivity contribution in [3.8, 4) is 11.8 Å². The van der Waals surface area contributed by atoms with E-state index in [9.17, 15) is 13.6 Å². The van der Waals surface area contributed by atoms with Crippen molar-refractivity contribution < 1.29 is 18.3 Å². The van der Waals surface area contributed by atoms with Crippen LogP contribution >= 0.6 is 0 Å². The van der Waals surface area contributed by atoms with E-state index >= 15 is 0 Å². The van der Waals surface area contributed by atoms with Crippen molar-refractivity contribution in [2.24, 2.45) is 5.41 Å². The number of carbonyl (C=O) groups excluding carboxylic acids is 1. The average Bonchev–Trinajstić information content (AvgIpc) is 2.26. The minimum Gasteiger partial charge on any atom is -0.450 e. The number of halogens is 2. The van der Waals surface area contributed by atoms with Crippen LogP contribution in [-0.2, 0) is 4.74 Å². The summed E-state index contributed by atoms with van der Waals surface area (Å²) in [5.41, 5.74) is -0.685. The Kier molecular flexibility index (Phi) is 5.09. The van der Waals surface area contributed by atoms with Crippen molar-refractivity contribution in [1.29, 1.82) is 0 Å². The van der Waals surface area contributed by atoms with Gasteiger partial charge in [0.15, 0.2) is 0 Å². The molecule has 0 aliphatic carbocycles. The van der Waals surface area contributed by atoms with Crippen LogP contribution in [0.1, 0.15) is 33.3 Å². The predicted octanol–water partition coefficient (Wildman–Crippen LogP) is 3.93. The second-order valence-electron chi connectivity index (χ2n) is 5.16. The van der Waals surface area contributed by atoms with Crippen molar-refractivity contribution in [3.05, 3.63) is 29.3 Å². The number of ether oxygens (including phenoxy) is 1. The number of rotatable bonds is 2. The lowest BCUT2D eigenvalue weighted by molar-refractivity contribution is 0.168. The first-order valence-corrected chi connectivity index (χ1v) is 6.19. The molecule has 1 rings (SSSR count). The molecule has 0 heterocycles. The smallest absolute Gasteiger partial charge is 0.411 e. The highest BCUT2D eigenvalue weighted by Gasteiger charge is 2.12. The Morgan fingerprint density at radius 2 is 1.85 bits per heavy atom. The van der Waals surface area contributed by atoms with E-state index in [1.807, 2.05) is 20.8 Å². The van der Waals surface area contributed by atoms with Gasteiger partial charge in [0.2, 0.25) is 0 Å². The Morgan fingerprint density at radius 3 is 2.30 bits per heavy atom. The summed E-state index contributed by atoms with van der Waals surface area (Å²) in [6.45, 7) is 7.32. The van der Waals surface area contributed by atoms with Gasteiger partial charge in [-0.15, -0.1) is 0 Å². The Bertz CT molecular complexity index is 542. The summed E-state index contributed by atoms with van der Waals surface area (Å²) in [6, 6.07) is 2.01. The molecule has 20 heavy (non-hydrogen) atoms. The van der Waals surface area contributed by atoms with Crippen molar-refractivity contribution in [2.45, 2.75) is 27.7 Å². The highest BCUT2D eigenvalue weighted by molar-refractivity contribution is 5.84. The summed E-state index contributed by atoms with van der Waals surface area (Å²) in [5.74, 6) is 3.59. The molecule has 0 spiro atoms. The third kappa shape index (κ3) is 4.88. The van der Waals surface area contributed by atoms with Crippen LogP contribution in [0.2, 0.25) is 0 Å².